The molecular formula is C52H42. The summed E-state index contributed by atoms with van der Waals surface area (Å²) in [7, 11) is 0. The Morgan fingerprint density at radius 2 is 0.635 bits per heavy atom. The minimum Gasteiger partial charge on any atom is -0.0871 e. The van der Waals surface area contributed by atoms with Gasteiger partial charge in [-0.1, -0.05) is 170 Å². The van der Waals surface area contributed by atoms with Gasteiger partial charge >= 0.3 is 0 Å². The fraction of sp³-hybridized carbons (Fsp3) is 0.115. The van der Waals surface area contributed by atoms with Crippen LogP contribution in [0.3, 0.4) is 0 Å². The molecule has 0 saturated carbocycles. The Kier molecular flexibility index (Phi) is 7.60. The largest absolute Gasteiger partial charge is 0.0871 e. The number of allylic oxidation sites excluding steroid dienone is 2. The first-order chi connectivity index (χ1) is 25.5. The molecule has 0 unspecified atom stereocenters. The molecule has 0 radical (unpaired) electrons. The van der Waals surface area contributed by atoms with Gasteiger partial charge in [-0.2, -0.15) is 0 Å². The molecule has 7 aromatic rings. The minimum absolute atomic E-state index is 0.475. The molecule has 0 saturated heterocycles. The van der Waals surface area contributed by atoms with Crippen LogP contribution in [0.4, 0.5) is 0 Å². The highest BCUT2D eigenvalue weighted by Crippen LogP contribution is 2.59. The fourth-order valence-corrected chi connectivity index (χ4v) is 9.48. The van der Waals surface area contributed by atoms with Crippen LogP contribution in [0.1, 0.15) is 80.6 Å². The van der Waals surface area contributed by atoms with E-state index < -0.39 is 10.8 Å². The maximum Gasteiger partial charge on any atom is 0.0713 e. The van der Waals surface area contributed by atoms with Crippen molar-refractivity contribution in [2.75, 3.05) is 0 Å². The van der Waals surface area contributed by atoms with Crippen LogP contribution in [-0.4, -0.2) is 0 Å². The molecule has 0 bridgehead atoms. The van der Waals surface area contributed by atoms with Crippen LogP contribution in [0.5, 0.6) is 0 Å². The average Bonchev–Trinajstić information content (AvgIpc) is 3.66. The molecule has 0 spiro atoms. The van der Waals surface area contributed by atoms with Crippen molar-refractivity contribution in [2.45, 2.75) is 38.5 Å². The van der Waals surface area contributed by atoms with Gasteiger partial charge in [0, 0.05) is 0 Å². The fourth-order valence-electron chi connectivity index (χ4n) is 9.48. The van der Waals surface area contributed by atoms with Crippen LogP contribution in [0.2, 0.25) is 0 Å². The Hall–Kier alpha value is -5.98. The number of aryl methyl sites for hydroxylation is 2. The molecular weight excluding hydrogens is 625 g/mol. The van der Waals surface area contributed by atoms with Crippen LogP contribution in [0.25, 0.3) is 34.4 Å². The van der Waals surface area contributed by atoms with Crippen LogP contribution in [0, 0.1) is 13.8 Å². The lowest BCUT2D eigenvalue weighted by Crippen LogP contribution is -2.31. The number of fused-ring (bicyclic) bond motifs is 6. The first kappa shape index (κ1) is 32.0. The normalized spacial score (nSPS) is 14.7. The molecule has 0 amide bonds. The summed E-state index contributed by atoms with van der Waals surface area (Å²) >= 11 is 0. The lowest BCUT2D eigenvalue weighted by atomic mass is 9.65. The Bertz CT molecular complexity index is 2290. The SMILES string of the molecule is C/C=C\c1cc(C2(c3ccc(C4(c5ccc(C)c(/C=C\C)c5)c5ccccc5-c5ccccc54)cc3)c3ccccc3-c3ccccc32)ccc1C. The second-order valence-electron chi connectivity index (χ2n) is 14.4. The smallest absolute Gasteiger partial charge is 0.0713 e. The van der Waals surface area contributed by atoms with Gasteiger partial charge in [0.05, 0.1) is 10.8 Å². The molecule has 0 fully saturated rings. The van der Waals surface area contributed by atoms with E-state index in [1.807, 2.05) is 0 Å². The zero-order valence-electron chi connectivity index (χ0n) is 30.3. The summed E-state index contributed by atoms with van der Waals surface area (Å²) in [6.45, 7) is 8.62. The summed E-state index contributed by atoms with van der Waals surface area (Å²) in [5, 5.41) is 0. The van der Waals surface area contributed by atoms with E-state index in [2.05, 4.69) is 210 Å². The number of hydrogen-bond acceptors (Lipinski definition) is 0. The van der Waals surface area contributed by atoms with Crippen LogP contribution in [-0.2, 0) is 10.8 Å². The monoisotopic (exact) mass is 666 g/mol. The molecule has 9 rings (SSSR count). The van der Waals surface area contributed by atoms with E-state index in [0.717, 1.165) is 0 Å². The number of rotatable bonds is 6. The highest BCUT2D eigenvalue weighted by molar-refractivity contribution is 5.88. The van der Waals surface area contributed by atoms with Gasteiger partial charge in [0.15, 0.2) is 0 Å². The second-order valence-corrected chi connectivity index (χ2v) is 14.4. The van der Waals surface area contributed by atoms with E-state index >= 15 is 0 Å². The van der Waals surface area contributed by atoms with Crippen LogP contribution in [0.15, 0.2) is 170 Å². The predicted octanol–water partition coefficient (Wildman–Crippen LogP) is 13.1. The van der Waals surface area contributed by atoms with Crippen molar-refractivity contribution in [1.82, 2.24) is 0 Å². The maximum atomic E-state index is 2.43. The van der Waals surface area contributed by atoms with Gasteiger partial charge in [0.2, 0.25) is 0 Å². The van der Waals surface area contributed by atoms with Gasteiger partial charge in [-0.05, 0) is 129 Å². The third kappa shape index (κ3) is 4.40. The summed E-state index contributed by atoms with van der Waals surface area (Å²) in [6.07, 6.45) is 8.77. The topological polar surface area (TPSA) is 0 Å². The van der Waals surface area contributed by atoms with Crippen molar-refractivity contribution in [2.24, 2.45) is 0 Å². The van der Waals surface area contributed by atoms with Gasteiger partial charge < -0.3 is 0 Å². The van der Waals surface area contributed by atoms with Crippen molar-refractivity contribution < 1.29 is 0 Å². The number of benzene rings is 7. The predicted molar refractivity (Wildman–Crippen MR) is 220 cm³/mol. The molecule has 0 aromatic heterocycles. The molecule has 0 aliphatic heterocycles. The first-order valence-electron chi connectivity index (χ1n) is 18.5. The lowest BCUT2D eigenvalue weighted by molar-refractivity contribution is 0.749. The van der Waals surface area contributed by atoms with E-state index in [1.165, 1.54) is 89.0 Å². The molecule has 0 heterocycles. The quantitative estimate of drug-likeness (QED) is 0.166. The highest BCUT2D eigenvalue weighted by Gasteiger charge is 2.48. The molecule has 7 aromatic carbocycles. The number of hydrogen-bond donors (Lipinski definition) is 0. The average molecular weight is 667 g/mol. The van der Waals surface area contributed by atoms with Crippen molar-refractivity contribution in [1.29, 1.82) is 0 Å². The zero-order chi connectivity index (χ0) is 35.5. The highest BCUT2D eigenvalue weighted by atomic mass is 14.5. The summed E-state index contributed by atoms with van der Waals surface area (Å²) in [4.78, 5) is 0. The molecule has 2 aliphatic carbocycles. The van der Waals surface area contributed by atoms with Gasteiger partial charge in [0.1, 0.15) is 0 Å². The van der Waals surface area contributed by atoms with Crippen LogP contribution < -0.4 is 0 Å². The van der Waals surface area contributed by atoms with Crippen molar-refractivity contribution in [3.8, 4) is 22.3 Å². The minimum atomic E-state index is -0.475. The third-order valence-corrected chi connectivity index (χ3v) is 11.8. The van der Waals surface area contributed by atoms with Gasteiger partial charge in [-0.25, -0.2) is 0 Å². The van der Waals surface area contributed by atoms with E-state index in [9.17, 15) is 0 Å². The van der Waals surface area contributed by atoms with Gasteiger partial charge in [0.25, 0.3) is 0 Å². The van der Waals surface area contributed by atoms with Crippen molar-refractivity contribution in [3.63, 3.8) is 0 Å². The van der Waals surface area contributed by atoms with E-state index in [4.69, 9.17) is 0 Å². The second kappa shape index (κ2) is 12.4. The van der Waals surface area contributed by atoms with Crippen molar-refractivity contribution in [3.05, 3.63) is 237 Å². The molecule has 0 nitrogen and oxygen atoms in total. The van der Waals surface area contributed by atoms with Crippen molar-refractivity contribution >= 4 is 12.2 Å². The Labute approximate surface area is 308 Å². The molecule has 2 aliphatic rings. The van der Waals surface area contributed by atoms with E-state index in [1.54, 1.807) is 0 Å². The zero-order valence-corrected chi connectivity index (χ0v) is 30.3. The molecule has 52 heavy (non-hydrogen) atoms. The Morgan fingerprint density at radius 1 is 0.346 bits per heavy atom. The Morgan fingerprint density at radius 3 is 0.942 bits per heavy atom. The van der Waals surface area contributed by atoms with Gasteiger partial charge in [-0.15, -0.1) is 0 Å². The summed E-state index contributed by atoms with van der Waals surface area (Å²) < 4.78 is 0. The molecule has 0 N–H and O–H groups in total. The first-order valence-corrected chi connectivity index (χ1v) is 18.5. The van der Waals surface area contributed by atoms with E-state index in [0.29, 0.717) is 0 Å². The third-order valence-electron chi connectivity index (χ3n) is 11.8. The molecule has 250 valence electrons. The standard InChI is InChI=1S/C52H42/c1-5-15-37-33-41(27-25-35(37)3)51(47-21-11-7-17-43(47)44-18-8-12-22-48(44)51)39-29-31-40(32-30-39)52(42-28-26-36(4)38(34-42)16-6-2)49-23-13-9-19-45(49)46-20-10-14-24-50(46)52/h5-34H,1-4H3/b15-5-,16-6-. The summed E-state index contributed by atoms with van der Waals surface area (Å²) in [6, 6.07) is 60.0. The van der Waals surface area contributed by atoms with Crippen LogP contribution >= 0.6 is 0 Å². The summed E-state index contributed by atoms with van der Waals surface area (Å²) in [5.41, 5.74) is 19.8. The Balaban J connectivity index is 1.34. The molecule has 0 heteroatoms. The molecule has 0 atom stereocenters. The summed E-state index contributed by atoms with van der Waals surface area (Å²) in [5.74, 6) is 0. The maximum absolute atomic E-state index is 2.43. The van der Waals surface area contributed by atoms with Gasteiger partial charge in [-0.3, -0.25) is 0 Å². The van der Waals surface area contributed by atoms with E-state index in [-0.39, 0.29) is 0 Å². The lowest BCUT2D eigenvalue weighted by Gasteiger charge is -2.37.